The van der Waals surface area contributed by atoms with Gasteiger partial charge in [-0.25, -0.2) is 4.79 Å². The number of nitrogens with zero attached hydrogens (tertiary/aromatic N) is 1. The maximum absolute atomic E-state index is 12.8. The Balaban J connectivity index is 1.53. The van der Waals surface area contributed by atoms with Crippen molar-refractivity contribution in [1.29, 1.82) is 0 Å². The SMILES string of the molecule is CC(OC(=O)c1ccc2c3c(cccc13)CC2)C(=O)N1CCCCCC1. The number of carbonyl (C=O) groups excluding carboxylic acids is 2. The van der Waals surface area contributed by atoms with Crippen LogP contribution in [0.3, 0.4) is 0 Å². The van der Waals surface area contributed by atoms with Gasteiger partial charge in [0.25, 0.3) is 5.91 Å². The van der Waals surface area contributed by atoms with E-state index >= 15 is 0 Å². The van der Waals surface area contributed by atoms with Gasteiger partial charge >= 0.3 is 5.97 Å². The highest BCUT2D eigenvalue weighted by Gasteiger charge is 2.26. The lowest BCUT2D eigenvalue weighted by atomic mass is 10.00. The van der Waals surface area contributed by atoms with Crippen LogP contribution in [-0.4, -0.2) is 36.0 Å². The second kappa shape index (κ2) is 7.10. The zero-order chi connectivity index (χ0) is 18.1. The zero-order valence-corrected chi connectivity index (χ0v) is 15.3. The molecule has 1 amide bonds. The Morgan fingerprint density at radius 2 is 1.65 bits per heavy atom. The molecule has 136 valence electrons. The summed E-state index contributed by atoms with van der Waals surface area (Å²) in [5.41, 5.74) is 3.14. The third-order valence-corrected chi connectivity index (χ3v) is 5.65. The molecule has 1 atom stereocenters. The van der Waals surface area contributed by atoms with Crippen molar-refractivity contribution in [3.8, 4) is 0 Å². The van der Waals surface area contributed by atoms with E-state index in [1.807, 2.05) is 29.2 Å². The van der Waals surface area contributed by atoms with Crippen molar-refractivity contribution < 1.29 is 14.3 Å². The second-order valence-electron chi connectivity index (χ2n) is 7.40. The molecule has 1 unspecified atom stereocenters. The summed E-state index contributed by atoms with van der Waals surface area (Å²) in [6.07, 6.45) is 5.69. The lowest BCUT2D eigenvalue weighted by Crippen LogP contribution is -2.40. The van der Waals surface area contributed by atoms with Gasteiger partial charge < -0.3 is 9.64 Å². The van der Waals surface area contributed by atoms with Crippen molar-refractivity contribution in [1.82, 2.24) is 4.90 Å². The molecule has 1 saturated heterocycles. The number of aryl methyl sites for hydroxylation is 2. The van der Waals surface area contributed by atoms with E-state index < -0.39 is 12.1 Å². The third-order valence-electron chi connectivity index (χ3n) is 5.65. The Labute approximate surface area is 154 Å². The summed E-state index contributed by atoms with van der Waals surface area (Å²) in [6.45, 7) is 3.22. The number of likely N-dealkylation sites (tertiary alicyclic amines) is 1. The summed E-state index contributed by atoms with van der Waals surface area (Å²) in [5, 5.41) is 2.13. The van der Waals surface area contributed by atoms with Crippen molar-refractivity contribution in [2.24, 2.45) is 0 Å². The van der Waals surface area contributed by atoms with Gasteiger partial charge in [-0.3, -0.25) is 4.79 Å². The minimum atomic E-state index is -0.747. The summed E-state index contributed by atoms with van der Waals surface area (Å²) in [4.78, 5) is 27.3. The van der Waals surface area contributed by atoms with Crippen molar-refractivity contribution in [3.63, 3.8) is 0 Å². The molecule has 2 aromatic rings. The van der Waals surface area contributed by atoms with Crippen molar-refractivity contribution >= 4 is 22.6 Å². The molecule has 2 aromatic carbocycles. The molecular formula is C22H25NO3. The third kappa shape index (κ3) is 3.09. The molecule has 4 heteroatoms. The van der Waals surface area contributed by atoms with Crippen LogP contribution in [0.2, 0.25) is 0 Å². The highest BCUT2D eigenvalue weighted by Crippen LogP contribution is 2.33. The molecule has 1 aliphatic carbocycles. The van der Waals surface area contributed by atoms with Gasteiger partial charge in [-0.05, 0) is 60.6 Å². The highest BCUT2D eigenvalue weighted by atomic mass is 16.5. The molecule has 4 nitrogen and oxygen atoms in total. The van der Waals surface area contributed by atoms with Gasteiger partial charge in [0.1, 0.15) is 0 Å². The highest BCUT2D eigenvalue weighted by molar-refractivity contribution is 6.07. The monoisotopic (exact) mass is 351 g/mol. The summed E-state index contributed by atoms with van der Waals surface area (Å²) in [5.74, 6) is -0.484. The number of amides is 1. The van der Waals surface area contributed by atoms with Crippen LogP contribution in [0.15, 0.2) is 30.3 Å². The number of rotatable bonds is 3. The van der Waals surface area contributed by atoms with Gasteiger partial charge in [0.15, 0.2) is 6.10 Å². The maximum atomic E-state index is 12.8. The first-order valence-electron chi connectivity index (χ1n) is 9.68. The molecule has 26 heavy (non-hydrogen) atoms. The molecule has 0 spiro atoms. The molecule has 4 rings (SSSR count). The van der Waals surface area contributed by atoms with E-state index in [9.17, 15) is 9.59 Å². The van der Waals surface area contributed by atoms with E-state index in [0.29, 0.717) is 5.56 Å². The van der Waals surface area contributed by atoms with E-state index in [4.69, 9.17) is 4.74 Å². The quantitative estimate of drug-likeness (QED) is 0.788. The van der Waals surface area contributed by atoms with E-state index in [-0.39, 0.29) is 5.91 Å². The normalized spacial score (nSPS) is 17.8. The molecule has 0 aromatic heterocycles. The number of hydrogen-bond donors (Lipinski definition) is 0. The van der Waals surface area contributed by atoms with Crippen LogP contribution in [0.4, 0.5) is 0 Å². The van der Waals surface area contributed by atoms with Gasteiger partial charge in [-0.1, -0.05) is 37.1 Å². The van der Waals surface area contributed by atoms with Crippen LogP contribution in [0.1, 0.15) is 54.1 Å². The number of ether oxygens (including phenoxy) is 1. The van der Waals surface area contributed by atoms with Crippen LogP contribution in [0, 0.1) is 0 Å². The fourth-order valence-corrected chi connectivity index (χ4v) is 4.25. The molecule has 0 bridgehead atoms. The first-order chi connectivity index (χ1) is 12.6. The standard InChI is InChI=1S/C22H25NO3/c1-15(21(24)23-13-4-2-3-5-14-23)26-22(25)19-12-11-17-10-9-16-7-6-8-18(19)20(16)17/h6-8,11-12,15H,2-5,9-10,13-14H2,1H3. The number of esters is 1. The molecule has 1 fully saturated rings. The first-order valence-corrected chi connectivity index (χ1v) is 9.68. The topological polar surface area (TPSA) is 46.6 Å². The Hall–Kier alpha value is -2.36. The molecule has 0 N–H and O–H groups in total. The average molecular weight is 351 g/mol. The van der Waals surface area contributed by atoms with E-state index in [2.05, 4.69) is 6.07 Å². The fraction of sp³-hybridized carbons (Fsp3) is 0.455. The predicted octanol–water partition coefficient (Wildman–Crippen LogP) is 3.89. The summed E-state index contributed by atoms with van der Waals surface area (Å²) in [7, 11) is 0. The molecule has 0 saturated carbocycles. The van der Waals surface area contributed by atoms with Gasteiger partial charge in [-0.2, -0.15) is 0 Å². The van der Waals surface area contributed by atoms with Gasteiger partial charge in [0.05, 0.1) is 5.56 Å². The minimum Gasteiger partial charge on any atom is -0.449 e. The Morgan fingerprint density at radius 3 is 2.38 bits per heavy atom. The Bertz CT molecular complexity index is 840. The minimum absolute atomic E-state index is 0.0776. The Morgan fingerprint density at radius 1 is 0.962 bits per heavy atom. The first kappa shape index (κ1) is 17.1. The van der Waals surface area contributed by atoms with Crippen LogP contribution < -0.4 is 0 Å². The average Bonchev–Trinajstić information content (AvgIpc) is 2.89. The van der Waals surface area contributed by atoms with E-state index in [1.165, 1.54) is 29.4 Å². The smallest absolute Gasteiger partial charge is 0.339 e. The van der Waals surface area contributed by atoms with Crippen molar-refractivity contribution in [3.05, 3.63) is 47.0 Å². The number of carbonyl (C=O) groups is 2. The molecule has 1 aliphatic heterocycles. The molecule has 1 heterocycles. The lowest BCUT2D eigenvalue weighted by molar-refractivity contribution is -0.139. The van der Waals surface area contributed by atoms with E-state index in [1.54, 1.807) is 6.92 Å². The summed E-state index contributed by atoms with van der Waals surface area (Å²) in [6, 6.07) is 9.97. The number of benzene rings is 2. The van der Waals surface area contributed by atoms with Crippen molar-refractivity contribution in [2.75, 3.05) is 13.1 Å². The lowest BCUT2D eigenvalue weighted by Gasteiger charge is -2.24. The Kier molecular flexibility index (Phi) is 4.66. The fourth-order valence-electron chi connectivity index (χ4n) is 4.25. The van der Waals surface area contributed by atoms with Crippen LogP contribution in [0.5, 0.6) is 0 Å². The summed E-state index contributed by atoms with van der Waals surface area (Å²) >= 11 is 0. The predicted molar refractivity (Wildman–Crippen MR) is 101 cm³/mol. The summed E-state index contributed by atoms with van der Waals surface area (Å²) < 4.78 is 5.57. The van der Waals surface area contributed by atoms with Gasteiger partial charge in [-0.15, -0.1) is 0 Å². The van der Waals surface area contributed by atoms with Crippen LogP contribution in [-0.2, 0) is 22.4 Å². The molecule has 2 aliphatic rings. The molecule has 0 radical (unpaired) electrons. The van der Waals surface area contributed by atoms with Crippen LogP contribution in [0.25, 0.3) is 10.8 Å². The van der Waals surface area contributed by atoms with Gasteiger partial charge in [0.2, 0.25) is 0 Å². The van der Waals surface area contributed by atoms with Gasteiger partial charge in [0, 0.05) is 13.1 Å². The zero-order valence-electron chi connectivity index (χ0n) is 15.3. The second-order valence-corrected chi connectivity index (χ2v) is 7.40. The maximum Gasteiger partial charge on any atom is 0.339 e. The van der Waals surface area contributed by atoms with E-state index in [0.717, 1.165) is 44.2 Å². The largest absolute Gasteiger partial charge is 0.449 e. The van der Waals surface area contributed by atoms with Crippen molar-refractivity contribution in [2.45, 2.75) is 51.6 Å². The molecular weight excluding hydrogens is 326 g/mol. The number of hydrogen-bond acceptors (Lipinski definition) is 3. The van der Waals surface area contributed by atoms with Crippen LogP contribution >= 0.6 is 0 Å².